The van der Waals surface area contributed by atoms with Crippen LogP contribution in [0.15, 0.2) is 0 Å². The van der Waals surface area contributed by atoms with Crippen LogP contribution in [-0.4, -0.2) is 37.2 Å². The zero-order valence-electron chi connectivity index (χ0n) is 44.1. The van der Waals surface area contributed by atoms with Gasteiger partial charge in [-0.15, -0.1) is 0 Å². The standard InChI is InChI=1S/C58H112O6/c1-52(2)44-38-32-26-20-15-11-9-7-8-10-12-18-24-31-37-43-49-58(61)64-55(51-63-57(60)48-42-36-30-25-19-22-28-34-40-46-54(5)6)50-62-56(59)47-41-35-29-23-17-14-13-16-21-27-33-39-45-53(3)4/h52-55H,7-51H2,1-6H3/t55-/m1/s1. The van der Waals surface area contributed by atoms with Crippen LogP contribution < -0.4 is 0 Å². The molecule has 1 atom stereocenters. The fourth-order valence-corrected chi connectivity index (χ4v) is 8.82. The van der Waals surface area contributed by atoms with Crippen LogP contribution in [0, 0.1) is 17.8 Å². The Hall–Kier alpha value is -1.59. The van der Waals surface area contributed by atoms with Crippen molar-refractivity contribution in [2.45, 2.75) is 324 Å². The molecule has 0 heterocycles. The maximum atomic E-state index is 12.8. The Kier molecular flexibility index (Phi) is 48.1. The fourth-order valence-electron chi connectivity index (χ4n) is 8.82. The molecule has 6 nitrogen and oxygen atoms in total. The van der Waals surface area contributed by atoms with E-state index >= 15 is 0 Å². The summed E-state index contributed by atoms with van der Waals surface area (Å²) in [4.78, 5) is 38.1. The molecule has 0 aliphatic heterocycles. The van der Waals surface area contributed by atoms with Gasteiger partial charge in [0.2, 0.25) is 0 Å². The number of hydrogen-bond donors (Lipinski definition) is 0. The predicted molar refractivity (Wildman–Crippen MR) is 275 cm³/mol. The summed E-state index contributed by atoms with van der Waals surface area (Å²) in [5.74, 6) is 1.65. The number of carbonyl (C=O) groups excluding carboxylic acids is 3. The van der Waals surface area contributed by atoms with E-state index in [9.17, 15) is 14.4 Å². The van der Waals surface area contributed by atoms with Crippen LogP contribution in [0.5, 0.6) is 0 Å². The van der Waals surface area contributed by atoms with E-state index in [1.807, 2.05) is 0 Å². The van der Waals surface area contributed by atoms with Gasteiger partial charge in [0.25, 0.3) is 0 Å². The van der Waals surface area contributed by atoms with Crippen molar-refractivity contribution in [3.05, 3.63) is 0 Å². The first-order valence-corrected chi connectivity index (χ1v) is 28.6. The van der Waals surface area contributed by atoms with Crippen molar-refractivity contribution in [2.75, 3.05) is 13.2 Å². The van der Waals surface area contributed by atoms with Gasteiger partial charge in [0.1, 0.15) is 13.2 Å². The lowest BCUT2D eigenvalue weighted by atomic mass is 10.0. The molecule has 0 N–H and O–H groups in total. The lowest BCUT2D eigenvalue weighted by molar-refractivity contribution is -0.167. The van der Waals surface area contributed by atoms with Crippen molar-refractivity contribution in [1.29, 1.82) is 0 Å². The average Bonchev–Trinajstić information content (AvgIpc) is 3.25. The molecular weight excluding hydrogens is 793 g/mol. The summed E-state index contributed by atoms with van der Waals surface area (Å²) < 4.78 is 16.9. The highest BCUT2D eigenvalue weighted by atomic mass is 16.6. The summed E-state index contributed by atoms with van der Waals surface area (Å²) in [6.45, 7) is 13.7. The van der Waals surface area contributed by atoms with Crippen LogP contribution in [0.25, 0.3) is 0 Å². The van der Waals surface area contributed by atoms with Crippen LogP contribution in [0.2, 0.25) is 0 Å². The maximum Gasteiger partial charge on any atom is 0.306 e. The van der Waals surface area contributed by atoms with Gasteiger partial charge in [0, 0.05) is 19.3 Å². The highest BCUT2D eigenvalue weighted by Crippen LogP contribution is 2.18. The summed E-state index contributed by atoms with van der Waals surface area (Å²) >= 11 is 0. The maximum absolute atomic E-state index is 12.8. The Balaban J connectivity index is 4.28. The molecule has 0 saturated heterocycles. The third-order valence-corrected chi connectivity index (χ3v) is 13.1. The van der Waals surface area contributed by atoms with Crippen molar-refractivity contribution in [2.24, 2.45) is 17.8 Å². The van der Waals surface area contributed by atoms with Crippen molar-refractivity contribution in [1.82, 2.24) is 0 Å². The molecule has 6 heteroatoms. The summed E-state index contributed by atoms with van der Waals surface area (Å²) in [5, 5.41) is 0. The highest BCUT2D eigenvalue weighted by molar-refractivity contribution is 5.71. The van der Waals surface area contributed by atoms with Gasteiger partial charge in [0.15, 0.2) is 6.10 Å². The molecule has 0 spiro atoms. The normalized spacial score (nSPS) is 12.1. The monoisotopic (exact) mass is 905 g/mol. The molecule has 64 heavy (non-hydrogen) atoms. The first-order chi connectivity index (χ1) is 31.1. The van der Waals surface area contributed by atoms with Crippen LogP contribution in [0.3, 0.4) is 0 Å². The zero-order chi connectivity index (χ0) is 47.0. The smallest absolute Gasteiger partial charge is 0.306 e. The number of hydrogen-bond acceptors (Lipinski definition) is 6. The van der Waals surface area contributed by atoms with E-state index in [2.05, 4.69) is 41.5 Å². The summed E-state index contributed by atoms with van der Waals surface area (Å²) in [5.41, 5.74) is 0. The van der Waals surface area contributed by atoms with Crippen molar-refractivity contribution < 1.29 is 28.6 Å². The van der Waals surface area contributed by atoms with Gasteiger partial charge in [0.05, 0.1) is 0 Å². The van der Waals surface area contributed by atoms with E-state index in [4.69, 9.17) is 14.2 Å². The van der Waals surface area contributed by atoms with E-state index < -0.39 is 6.10 Å². The van der Waals surface area contributed by atoms with E-state index in [1.165, 1.54) is 199 Å². The summed E-state index contributed by atoms with van der Waals surface area (Å²) in [7, 11) is 0. The van der Waals surface area contributed by atoms with Crippen LogP contribution >= 0.6 is 0 Å². The average molecular weight is 906 g/mol. The Morgan fingerprint density at radius 1 is 0.266 bits per heavy atom. The first kappa shape index (κ1) is 62.4. The van der Waals surface area contributed by atoms with Crippen LogP contribution in [0.1, 0.15) is 318 Å². The minimum Gasteiger partial charge on any atom is -0.462 e. The molecule has 0 aromatic carbocycles. The van der Waals surface area contributed by atoms with E-state index in [-0.39, 0.29) is 31.1 Å². The fraction of sp³-hybridized carbons (Fsp3) is 0.948. The minimum absolute atomic E-state index is 0.0639. The van der Waals surface area contributed by atoms with Crippen molar-refractivity contribution >= 4 is 17.9 Å². The molecule has 0 amide bonds. The van der Waals surface area contributed by atoms with E-state index in [1.54, 1.807) is 0 Å². The molecule has 0 saturated carbocycles. The molecule has 0 aromatic heterocycles. The van der Waals surface area contributed by atoms with Gasteiger partial charge in [-0.25, -0.2) is 0 Å². The zero-order valence-corrected chi connectivity index (χ0v) is 44.1. The van der Waals surface area contributed by atoms with E-state index in [0.29, 0.717) is 19.3 Å². The van der Waals surface area contributed by atoms with Gasteiger partial charge in [-0.1, -0.05) is 279 Å². The van der Waals surface area contributed by atoms with Gasteiger partial charge in [-0.3, -0.25) is 14.4 Å². The quantitative estimate of drug-likeness (QED) is 0.0344. The second kappa shape index (κ2) is 49.3. The minimum atomic E-state index is -0.763. The highest BCUT2D eigenvalue weighted by Gasteiger charge is 2.19. The molecule has 0 bridgehead atoms. The molecular formula is C58H112O6. The second-order valence-electron chi connectivity index (χ2n) is 21.4. The number of carbonyl (C=O) groups is 3. The van der Waals surface area contributed by atoms with Crippen molar-refractivity contribution in [3.8, 4) is 0 Å². The van der Waals surface area contributed by atoms with Gasteiger partial charge in [-0.2, -0.15) is 0 Å². The van der Waals surface area contributed by atoms with Crippen LogP contribution in [0.4, 0.5) is 0 Å². The largest absolute Gasteiger partial charge is 0.462 e. The molecule has 0 rings (SSSR count). The number of unbranched alkanes of at least 4 members (excludes halogenated alkanes) is 34. The van der Waals surface area contributed by atoms with E-state index in [0.717, 1.165) is 75.5 Å². The lowest BCUT2D eigenvalue weighted by Gasteiger charge is -2.18. The van der Waals surface area contributed by atoms with Crippen LogP contribution in [-0.2, 0) is 28.6 Å². The number of rotatable bonds is 51. The van der Waals surface area contributed by atoms with Gasteiger partial charge < -0.3 is 14.2 Å². The molecule has 0 aliphatic carbocycles. The SMILES string of the molecule is CC(C)CCCCCCCCCCCCCCCCCCC(=O)O[C@H](COC(=O)CCCCCCCCCCCCCCC(C)C)COC(=O)CCCCCCCCCCCC(C)C. The second-order valence-corrected chi connectivity index (χ2v) is 21.4. The Morgan fingerprint density at radius 3 is 0.672 bits per heavy atom. The molecule has 0 aliphatic rings. The topological polar surface area (TPSA) is 78.9 Å². The molecule has 0 radical (unpaired) electrons. The Morgan fingerprint density at radius 2 is 0.453 bits per heavy atom. The number of esters is 3. The predicted octanol–water partition coefficient (Wildman–Crippen LogP) is 18.7. The number of ether oxygens (including phenoxy) is 3. The summed E-state index contributed by atoms with van der Waals surface area (Å²) in [6.07, 6.45) is 51.0. The first-order valence-electron chi connectivity index (χ1n) is 28.6. The third kappa shape index (κ3) is 51.4. The van der Waals surface area contributed by atoms with Crippen molar-refractivity contribution in [3.63, 3.8) is 0 Å². The molecule has 0 fully saturated rings. The molecule has 0 aromatic rings. The lowest BCUT2D eigenvalue weighted by Crippen LogP contribution is -2.30. The molecule has 380 valence electrons. The Bertz CT molecular complexity index is 991. The molecule has 0 unspecified atom stereocenters. The Labute approximate surface area is 399 Å². The van der Waals surface area contributed by atoms with Gasteiger partial charge in [-0.05, 0) is 37.0 Å². The van der Waals surface area contributed by atoms with Gasteiger partial charge >= 0.3 is 17.9 Å². The summed E-state index contributed by atoms with van der Waals surface area (Å²) in [6, 6.07) is 0. The third-order valence-electron chi connectivity index (χ3n) is 13.1.